The van der Waals surface area contributed by atoms with Gasteiger partial charge in [-0.15, -0.1) is 0 Å². The standard InChI is InChI=1S/C11H23N3O/c1-4-5-10(11(15)13-12)14-6-8(2)9(3)7-14/h8-10H,4-7,12H2,1-3H3,(H,13,15). The number of carbonyl (C=O) groups excluding carboxylic acids is 1. The van der Waals surface area contributed by atoms with E-state index in [2.05, 4.69) is 31.1 Å². The van der Waals surface area contributed by atoms with Crippen LogP contribution < -0.4 is 11.3 Å². The minimum absolute atomic E-state index is 0.0348. The van der Waals surface area contributed by atoms with Crippen LogP contribution in [0.3, 0.4) is 0 Å². The Labute approximate surface area is 92.2 Å². The highest BCUT2D eigenvalue weighted by molar-refractivity contribution is 5.81. The lowest BCUT2D eigenvalue weighted by Crippen LogP contribution is -2.48. The molecule has 4 heteroatoms. The van der Waals surface area contributed by atoms with E-state index in [0.29, 0.717) is 11.8 Å². The van der Waals surface area contributed by atoms with Crippen molar-refractivity contribution in [1.82, 2.24) is 10.3 Å². The Morgan fingerprint density at radius 1 is 1.47 bits per heavy atom. The van der Waals surface area contributed by atoms with Crippen LogP contribution in [0.15, 0.2) is 0 Å². The van der Waals surface area contributed by atoms with Crippen LogP contribution in [0.5, 0.6) is 0 Å². The van der Waals surface area contributed by atoms with E-state index >= 15 is 0 Å². The lowest BCUT2D eigenvalue weighted by atomic mass is 10.0. The van der Waals surface area contributed by atoms with Crippen LogP contribution in [-0.2, 0) is 4.79 Å². The quantitative estimate of drug-likeness (QED) is 0.411. The van der Waals surface area contributed by atoms with E-state index in [9.17, 15) is 4.79 Å². The third-order valence-corrected chi connectivity index (χ3v) is 3.46. The molecule has 0 bridgehead atoms. The highest BCUT2D eigenvalue weighted by atomic mass is 16.2. The summed E-state index contributed by atoms with van der Waals surface area (Å²) >= 11 is 0. The molecule has 4 nitrogen and oxygen atoms in total. The largest absolute Gasteiger partial charge is 0.293 e. The molecule has 1 fully saturated rings. The van der Waals surface area contributed by atoms with E-state index in [-0.39, 0.29) is 11.9 Å². The van der Waals surface area contributed by atoms with Crippen LogP contribution >= 0.6 is 0 Å². The van der Waals surface area contributed by atoms with Crippen molar-refractivity contribution in [1.29, 1.82) is 0 Å². The van der Waals surface area contributed by atoms with Crippen molar-refractivity contribution >= 4 is 5.91 Å². The van der Waals surface area contributed by atoms with Crippen molar-refractivity contribution in [2.24, 2.45) is 17.7 Å². The molecular weight excluding hydrogens is 190 g/mol. The third-order valence-electron chi connectivity index (χ3n) is 3.46. The van der Waals surface area contributed by atoms with Crippen molar-refractivity contribution in [3.05, 3.63) is 0 Å². The molecule has 1 rings (SSSR count). The summed E-state index contributed by atoms with van der Waals surface area (Å²) in [6, 6.07) is -0.0348. The van der Waals surface area contributed by atoms with Crippen LogP contribution in [0.4, 0.5) is 0 Å². The van der Waals surface area contributed by atoms with Gasteiger partial charge in [0, 0.05) is 13.1 Å². The average molecular weight is 213 g/mol. The maximum Gasteiger partial charge on any atom is 0.251 e. The molecule has 3 N–H and O–H groups in total. The summed E-state index contributed by atoms with van der Waals surface area (Å²) in [7, 11) is 0. The number of nitrogens with zero attached hydrogens (tertiary/aromatic N) is 1. The molecule has 88 valence electrons. The monoisotopic (exact) mass is 213 g/mol. The Morgan fingerprint density at radius 2 is 2.00 bits per heavy atom. The SMILES string of the molecule is CCCC(C(=O)NN)N1CC(C)C(C)C1. The van der Waals surface area contributed by atoms with Crippen LogP contribution in [0, 0.1) is 11.8 Å². The number of nitrogens with two attached hydrogens (primary N) is 1. The Morgan fingerprint density at radius 3 is 2.40 bits per heavy atom. The van der Waals surface area contributed by atoms with Gasteiger partial charge in [0.05, 0.1) is 6.04 Å². The normalized spacial score (nSPS) is 29.1. The minimum atomic E-state index is -0.0434. The molecule has 0 aliphatic carbocycles. The highest BCUT2D eigenvalue weighted by Gasteiger charge is 2.33. The number of carbonyl (C=O) groups is 1. The van der Waals surface area contributed by atoms with Crippen LogP contribution in [-0.4, -0.2) is 29.9 Å². The molecule has 0 saturated carbocycles. The lowest BCUT2D eigenvalue weighted by molar-refractivity contribution is -0.126. The summed E-state index contributed by atoms with van der Waals surface area (Å²) in [4.78, 5) is 13.9. The predicted molar refractivity (Wildman–Crippen MR) is 60.9 cm³/mol. The van der Waals surface area contributed by atoms with Gasteiger partial charge in [-0.05, 0) is 18.3 Å². The second kappa shape index (κ2) is 5.47. The first-order valence-corrected chi connectivity index (χ1v) is 5.84. The first kappa shape index (κ1) is 12.5. The molecule has 3 unspecified atom stereocenters. The van der Waals surface area contributed by atoms with Crippen molar-refractivity contribution in [3.8, 4) is 0 Å². The minimum Gasteiger partial charge on any atom is -0.293 e. The van der Waals surface area contributed by atoms with Crippen LogP contribution in [0.1, 0.15) is 33.6 Å². The molecule has 0 aromatic heterocycles. The molecule has 3 atom stereocenters. The van der Waals surface area contributed by atoms with Crippen molar-refractivity contribution in [2.45, 2.75) is 39.7 Å². The second-order valence-corrected chi connectivity index (χ2v) is 4.72. The number of hydrogen-bond acceptors (Lipinski definition) is 3. The molecule has 1 saturated heterocycles. The van der Waals surface area contributed by atoms with Gasteiger partial charge < -0.3 is 0 Å². The van der Waals surface area contributed by atoms with Gasteiger partial charge in [0.15, 0.2) is 0 Å². The Kier molecular flexibility index (Phi) is 4.54. The maximum atomic E-state index is 11.6. The zero-order valence-corrected chi connectivity index (χ0v) is 9.99. The fraction of sp³-hybridized carbons (Fsp3) is 0.909. The van der Waals surface area contributed by atoms with Gasteiger partial charge in [0.2, 0.25) is 0 Å². The fourth-order valence-corrected chi connectivity index (χ4v) is 2.28. The van der Waals surface area contributed by atoms with E-state index in [1.54, 1.807) is 0 Å². The lowest BCUT2D eigenvalue weighted by Gasteiger charge is -2.25. The van der Waals surface area contributed by atoms with E-state index in [1.165, 1.54) is 0 Å². The van der Waals surface area contributed by atoms with E-state index in [1.807, 2.05) is 0 Å². The Balaban J connectivity index is 2.61. The highest BCUT2D eigenvalue weighted by Crippen LogP contribution is 2.25. The van der Waals surface area contributed by atoms with Gasteiger partial charge in [-0.25, -0.2) is 5.84 Å². The summed E-state index contributed by atoms with van der Waals surface area (Å²) in [5.74, 6) is 6.52. The van der Waals surface area contributed by atoms with Crippen LogP contribution in [0.2, 0.25) is 0 Å². The van der Waals surface area contributed by atoms with E-state index in [4.69, 9.17) is 5.84 Å². The molecule has 0 aromatic rings. The summed E-state index contributed by atoms with van der Waals surface area (Å²) in [5.41, 5.74) is 2.28. The zero-order chi connectivity index (χ0) is 11.4. The van der Waals surface area contributed by atoms with Gasteiger partial charge in [0.1, 0.15) is 0 Å². The Hall–Kier alpha value is -0.610. The summed E-state index contributed by atoms with van der Waals surface area (Å²) in [5, 5.41) is 0. The predicted octanol–water partition coefficient (Wildman–Crippen LogP) is 0.733. The van der Waals surface area contributed by atoms with E-state index < -0.39 is 0 Å². The molecule has 0 radical (unpaired) electrons. The number of likely N-dealkylation sites (tertiary alicyclic amines) is 1. The smallest absolute Gasteiger partial charge is 0.251 e. The summed E-state index contributed by atoms with van der Waals surface area (Å²) < 4.78 is 0. The molecule has 0 aromatic carbocycles. The molecular formula is C11H23N3O. The van der Waals surface area contributed by atoms with Gasteiger partial charge in [-0.1, -0.05) is 27.2 Å². The number of hydrogen-bond donors (Lipinski definition) is 2. The molecule has 1 aliphatic rings. The number of rotatable bonds is 4. The average Bonchev–Trinajstić information content (AvgIpc) is 2.54. The van der Waals surface area contributed by atoms with Gasteiger partial charge in [0.25, 0.3) is 5.91 Å². The molecule has 0 spiro atoms. The first-order chi connectivity index (χ1) is 7.10. The fourth-order valence-electron chi connectivity index (χ4n) is 2.28. The topological polar surface area (TPSA) is 58.4 Å². The van der Waals surface area contributed by atoms with Crippen molar-refractivity contribution < 1.29 is 4.79 Å². The number of nitrogens with one attached hydrogen (secondary N) is 1. The van der Waals surface area contributed by atoms with Gasteiger partial charge in [-0.3, -0.25) is 15.1 Å². The molecule has 1 heterocycles. The summed E-state index contributed by atoms with van der Waals surface area (Å²) in [6.07, 6.45) is 1.90. The van der Waals surface area contributed by atoms with Gasteiger partial charge in [-0.2, -0.15) is 0 Å². The van der Waals surface area contributed by atoms with Crippen molar-refractivity contribution in [3.63, 3.8) is 0 Å². The molecule has 15 heavy (non-hydrogen) atoms. The molecule has 1 amide bonds. The van der Waals surface area contributed by atoms with E-state index in [0.717, 1.165) is 25.9 Å². The third kappa shape index (κ3) is 2.92. The summed E-state index contributed by atoms with van der Waals surface area (Å²) in [6.45, 7) is 8.61. The first-order valence-electron chi connectivity index (χ1n) is 5.84. The molecule has 1 aliphatic heterocycles. The second-order valence-electron chi connectivity index (χ2n) is 4.72. The van der Waals surface area contributed by atoms with Gasteiger partial charge >= 0.3 is 0 Å². The van der Waals surface area contributed by atoms with Crippen molar-refractivity contribution in [2.75, 3.05) is 13.1 Å². The number of amides is 1. The maximum absolute atomic E-state index is 11.6. The van der Waals surface area contributed by atoms with Crippen LogP contribution in [0.25, 0.3) is 0 Å². The number of hydrazine groups is 1. The Bertz CT molecular complexity index is 210. The zero-order valence-electron chi connectivity index (χ0n) is 9.99.